The Bertz CT molecular complexity index is 353. The molecule has 0 radical (unpaired) electrons. The van der Waals surface area contributed by atoms with E-state index in [-0.39, 0.29) is 0 Å². The molecule has 3 unspecified atom stereocenters. The third kappa shape index (κ3) is 1.83. The van der Waals surface area contributed by atoms with E-state index in [0.717, 1.165) is 29.4 Å². The predicted octanol–water partition coefficient (Wildman–Crippen LogP) is -0.783. The van der Waals surface area contributed by atoms with Crippen molar-refractivity contribution in [1.29, 1.82) is 0 Å². The minimum absolute atomic E-state index is 0.406. The molecule has 0 aromatic heterocycles. The van der Waals surface area contributed by atoms with Gasteiger partial charge >= 0.3 is 0 Å². The molecule has 1 aliphatic carbocycles. The molecule has 3 atom stereocenters. The molecule has 0 aromatic rings. The van der Waals surface area contributed by atoms with Crippen molar-refractivity contribution in [3.63, 3.8) is 0 Å². The molecule has 3 rings (SSSR count). The van der Waals surface area contributed by atoms with Crippen molar-refractivity contribution in [2.24, 2.45) is 4.99 Å². The lowest BCUT2D eigenvalue weighted by atomic mass is 9.90. The molecule has 2 aliphatic heterocycles. The minimum Gasteiger partial charge on any atom is -0.315 e. The maximum atomic E-state index is 4.44. The quantitative estimate of drug-likeness (QED) is 0.595. The highest BCUT2D eigenvalue weighted by atomic mass is 27.0. The number of nitrogens with one attached hydrogen (secondary N) is 2. The molecule has 15 heavy (non-hydrogen) atoms. The summed E-state index contributed by atoms with van der Waals surface area (Å²) in [5.41, 5.74) is 1.42. The van der Waals surface area contributed by atoms with Gasteiger partial charge in [-0.3, -0.25) is 4.99 Å². The zero-order valence-corrected chi connectivity index (χ0v) is 11.0. The van der Waals surface area contributed by atoms with E-state index in [9.17, 15) is 0 Å². The molecule has 0 spiro atoms. The highest BCUT2D eigenvalue weighted by Crippen LogP contribution is 2.25. The molecule has 3 nitrogen and oxygen atoms in total. The summed E-state index contributed by atoms with van der Waals surface area (Å²) in [7, 11) is 0. The lowest BCUT2D eigenvalue weighted by Crippen LogP contribution is -2.49. The minimum atomic E-state index is 0.406. The van der Waals surface area contributed by atoms with E-state index in [2.05, 4.69) is 27.8 Å². The van der Waals surface area contributed by atoms with Crippen molar-refractivity contribution in [2.75, 3.05) is 13.1 Å². The van der Waals surface area contributed by atoms with E-state index >= 15 is 0 Å². The lowest BCUT2D eigenvalue weighted by Gasteiger charge is -2.34. The van der Waals surface area contributed by atoms with Gasteiger partial charge in [0.1, 0.15) is 0 Å². The van der Waals surface area contributed by atoms with E-state index in [1.54, 1.807) is 0 Å². The monoisotopic (exact) mass is 217 g/mol. The van der Waals surface area contributed by atoms with Crippen molar-refractivity contribution in [3.8, 4) is 0 Å². The van der Waals surface area contributed by atoms with Crippen molar-refractivity contribution < 1.29 is 0 Å². The largest absolute Gasteiger partial charge is 0.315 e. The van der Waals surface area contributed by atoms with Crippen molar-refractivity contribution in [2.45, 2.75) is 24.5 Å². The van der Waals surface area contributed by atoms with Crippen LogP contribution >= 0.6 is 0 Å². The van der Waals surface area contributed by atoms with E-state index in [1.807, 2.05) is 6.21 Å². The topological polar surface area (TPSA) is 36.4 Å². The van der Waals surface area contributed by atoms with Crippen molar-refractivity contribution in [3.05, 3.63) is 22.2 Å². The van der Waals surface area contributed by atoms with Crippen LogP contribution < -0.4 is 10.6 Å². The Morgan fingerprint density at radius 1 is 1.53 bits per heavy atom. The summed E-state index contributed by atoms with van der Waals surface area (Å²) in [4.78, 5) is 4.44. The van der Waals surface area contributed by atoms with Crippen LogP contribution in [-0.2, 0) is 0 Å². The van der Waals surface area contributed by atoms with Gasteiger partial charge in [0.15, 0.2) is 0 Å². The van der Waals surface area contributed by atoms with Crippen LogP contribution in [0.5, 0.6) is 0 Å². The number of rotatable bonds is 2. The Morgan fingerprint density at radius 2 is 2.47 bits per heavy atom. The fraction of sp³-hybridized carbons (Fsp3) is 0.545. The first-order valence-electron chi connectivity index (χ1n) is 5.73. The smallest absolute Gasteiger partial charge is 0.258 e. The molecule has 1 fully saturated rings. The number of aliphatic imine (C=N–C) groups is 1. The first-order chi connectivity index (χ1) is 7.33. The number of nitrogens with zero attached hydrogens (tertiary/aromatic N) is 1. The van der Waals surface area contributed by atoms with Gasteiger partial charge in [-0.15, -0.1) is 4.44 Å². The molecule has 0 amide bonds. The SMILES string of the molecule is [AlH2][C]1=CC(NC2CCNC2)C2N=CC2=C1. The Balaban J connectivity index is 1.71. The Morgan fingerprint density at radius 3 is 3.13 bits per heavy atom. The molecular weight excluding hydrogens is 201 g/mol. The van der Waals surface area contributed by atoms with Crippen LogP contribution in [0.25, 0.3) is 0 Å². The molecule has 1 saturated heterocycles. The van der Waals surface area contributed by atoms with E-state index in [4.69, 9.17) is 0 Å². The Hall–Kier alpha value is -0.398. The highest BCUT2D eigenvalue weighted by Gasteiger charge is 2.31. The van der Waals surface area contributed by atoms with Crippen LogP contribution in [0.3, 0.4) is 0 Å². The van der Waals surface area contributed by atoms with Crippen LogP contribution in [0.4, 0.5) is 0 Å². The lowest BCUT2D eigenvalue weighted by molar-refractivity contribution is 0.455. The van der Waals surface area contributed by atoms with Gasteiger partial charge in [-0.2, -0.15) is 0 Å². The van der Waals surface area contributed by atoms with Gasteiger partial charge in [0, 0.05) is 18.8 Å². The fourth-order valence-corrected chi connectivity index (χ4v) is 3.26. The average Bonchev–Trinajstić information content (AvgIpc) is 2.63. The number of hydrogen-bond acceptors (Lipinski definition) is 3. The van der Waals surface area contributed by atoms with Crippen LogP contribution in [-0.4, -0.2) is 53.7 Å². The van der Waals surface area contributed by atoms with E-state index < -0.39 is 0 Å². The standard InChI is InChI=1S/C11H14N3.Al.2H/c1-2-8-6-13-11(8)10(3-1)14-9-4-5-12-7-9;;;/h2-3,6,9-12,14H,4-5,7H2;;;. The second kappa shape index (κ2) is 3.88. The Kier molecular flexibility index (Phi) is 2.53. The van der Waals surface area contributed by atoms with E-state index in [1.165, 1.54) is 16.4 Å². The molecule has 0 bridgehead atoms. The molecule has 0 aromatic carbocycles. The van der Waals surface area contributed by atoms with Crippen LogP contribution in [0.2, 0.25) is 0 Å². The summed E-state index contributed by atoms with van der Waals surface area (Å²) in [6, 6.07) is 1.49. The summed E-state index contributed by atoms with van der Waals surface area (Å²) in [5.74, 6) is 0. The van der Waals surface area contributed by atoms with Crippen LogP contribution in [0.1, 0.15) is 6.42 Å². The van der Waals surface area contributed by atoms with Gasteiger partial charge in [0.05, 0.1) is 12.1 Å². The molecule has 78 valence electrons. The summed E-state index contributed by atoms with van der Waals surface area (Å²) in [6.07, 6.45) is 7.93. The van der Waals surface area contributed by atoms with Gasteiger partial charge in [0.2, 0.25) is 0 Å². The molecule has 3 aliphatic rings. The summed E-state index contributed by atoms with van der Waals surface area (Å²) >= 11 is 1.14. The van der Waals surface area contributed by atoms with Crippen LogP contribution in [0, 0.1) is 0 Å². The summed E-state index contributed by atoms with van der Waals surface area (Å²) in [5, 5.41) is 7.10. The third-order valence-corrected chi connectivity index (χ3v) is 4.01. The highest BCUT2D eigenvalue weighted by molar-refractivity contribution is 6.24. The second-order valence-corrected chi connectivity index (χ2v) is 5.81. The summed E-state index contributed by atoms with van der Waals surface area (Å²) in [6.45, 7) is 2.26. The van der Waals surface area contributed by atoms with E-state index in [0.29, 0.717) is 18.1 Å². The molecule has 4 heteroatoms. The molecule has 0 saturated carbocycles. The van der Waals surface area contributed by atoms with Gasteiger partial charge in [0.25, 0.3) is 16.3 Å². The predicted molar refractivity (Wildman–Crippen MR) is 65.2 cm³/mol. The third-order valence-electron chi connectivity index (χ3n) is 3.39. The second-order valence-electron chi connectivity index (χ2n) is 4.66. The van der Waals surface area contributed by atoms with Crippen molar-refractivity contribution >= 4 is 22.5 Å². The fourth-order valence-electron chi connectivity index (χ4n) is 2.56. The van der Waals surface area contributed by atoms with Gasteiger partial charge in [-0.05, 0) is 18.5 Å². The molecule has 2 N–H and O–H groups in total. The van der Waals surface area contributed by atoms with Gasteiger partial charge < -0.3 is 10.6 Å². The van der Waals surface area contributed by atoms with Gasteiger partial charge in [-0.25, -0.2) is 0 Å². The average molecular weight is 217 g/mol. The zero-order valence-electron chi connectivity index (χ0n) is 9.03. The van der Waals surface area contributed by atoms with Crippen LogP contribution in [0.15, 0.2) is 27.2 Å². The van der Waals surface area contributed by atoms with Gasteiger partial charge in [-0.1, -0.05) is 12.2 Å². The number of hydrogen-bond donors (Lipinski definition) is 2. The maximum Gasteiger partial charge on any atom is 0.258 e. The maximum absolute atomic E-state index is 4.44. The Labute approximate surface area is 98.1 Å². The zero-order chi connectivity index (χ0) is 10.3. The number of fused-ring (bicyclic) bond motifs is 1. The molecule has 2 heterocycles. The first-order valence-corrected chi connectivity index (χ1v) is 6.73. The summed E-state index contributed by atoms with van der Waals surface area (Å²) < 4.78 is 1.50. The molecular formula is C11H16AlN3. The van der Waals surface area contributed by atoms with Crippen molar-refractivity contribution in [1.82, 2.24) is 10.6 Å². The normalized spacial score (nSPS) is 38.0. The number of allylic oxidation sites excluding steroid dienone is 2. The first kappa shape index (κ1) is 9.80.